The largest absolute Gasteiger partial charge is 0.448 e. The lowest BCUT2D eigenvalue weighted by Gasteiger charge is -2.11. The Balaban J connectivity index is 1.64. The van der Waals surface area contributed by atoms with Crippen molar-refractivity contribution in [3.05, 3.63) is 64.0 Å². The molecule has 0 saturated carbocycles. The number of anilines is 1. The number of nitrogens with one attached hydrogen (secondary N) is 1. The molecule has 0 unspecified atom stereocenters. The third-order valence-electron chi connectivity index (χ3n) is 3.51. The number of esters is 1. The van der Waals surface area contributed by atoms with Crippen LogP contribution in [0.3, 0.4) is 0 Å². The third-order valence-corrected chi connectivity index (χ3v) is 4.27. The Morgan fingerprint density at radius 3 is 2.86 bits per heavy atom. The molecule has 142 valence electrons. The monoisotopic (exact) mass is 399 g/mol. The lowest BCUT2D eigenvalue weighted by molar-refractivity contribution is -0.384. The number of benzene rings is 1. The Bertz CT molecular complexity index is 1020. The van der Waals surface area contributed by atoms with Crippen LogP contribution in [0.1, 0.15) is 17.4 Å². The molecular weight excluding hydrogens is 386 g/mol. The predicted molar refractivity (Wildman–Crippen MR) is 99.7 cm³/mol. The van der Waals surface area contributed by atoms with Crippen molar-refractivity contribution >= 4 is 34.0 Å². The van der Waals surface area contributed by atoms with E-state index in [1.54, 1.807) is 17.5 Å². The number of carbonyl (C=O) groups excluding carboxylic acids is 2. The SMILES string of the molecule is C[C@@H](OC(=O)c1cnccn1)C(=O)Nc1nc(-c2cccc([N+](=O)[O-])c2)cs1. The summed E-state index contributed by atoms with van der Waals surface area (Å²) in [6.07, 6.45) is 2.90. The fraction of sp³-hybridized carbons (Fsp3) is 0.118. The van der Waals surface area contributed by atoms with Crippen LogP contribution in [0.2, 0.25) is 0 Å². The number of aromatic nitrogens is 3. The molecule has 0 saturated heterocycles. The highest BCUT2D eigenvalue weighted by Crippen LogP contribution is 2.27. The molecule has 0 aliphatic heterocycles. The van der Waals surface area contributed by atoms with Gasteiger partial charge in [0.05, 0.1) is 16.8 Å². The molecule has 10 nitrogen and oxygen atoms in total. The van der Waals surface area contributed by atoms with E-state index < -0.39 is 22.9 Å². The van der Waals surface area contributed by atoms with Crippen molar-refractivity contribution in [3.63, 3.8) is 0 Å². The summed E-state index contributed by atoms with van der Waals surface area (Å²) >= 11 is 1.14. The number of hydrogen-bond donors (Lipinski definition) is 1. The number of ether oxygens (including phenoxy) is 1. The molecule has 3 aromatic rings. The van der Waals surface area contributed by atoms with Gasteiger partial charge in [-0.05, 0) is 6.92 Å². The molecule has 0 bridgehead atoms. The molecule has 28 heavy (non-hydrogen) atoms. The normalized spacial score (nSPS) is 11.5. The summed E-state index contributed by atoms with van der Waals surface area (Å²) in [6, 6.07) is 6.01. The van der Waals surface area contributed by atoms with E-state index in [1.807, 2.05) is 0 Å². The van der Waals surface area contributed by atoms with Crippen molar-refractivity contribution < 1.29 is 19.2 Å². The van der Waals surface area contributed by atoms with Crippen LogP contribution in [-0.2, 0) is 9.53 Å². The van der Waals surface area contributed by atoms with Crippen LogP contribution >= 0.6 is 11.3 Å². The average molecular weight is 399 g/mol. The number of nitro benzene ring substituents is 1. The van der Waals surface area contributed by atoms with Gasteiger partial charge in [-0.25, -0.2) is 14.8 Å². The van der Waals surface area contributed by atoms with Gasteiger partial charge in [-0.1, -0.05) is 12.1 Å². The molecule has 1 N–H and O–H groups in total. The number of non-ortho nitro benzene ring substituents is 1. The molecule has 3 rings (SSSR count). The smallest absolute Gasteiger partial charge is 0.359 e. The van der Waals surface area contributed by atoms with Crippen LogP contribution in [0.25, 0.3) is 11.3 Å². The zero-order chi connectivity index (χ0) is 20.1. The first-order valence-electron chi connectivity index (χ1n) is 7.92. The summed E-state index contributed by atoms with van der Waals surface area (Å²) in [7, 11) is 0. The van der Waals surface area contributed by atoms with Gasteiger partial charge in [0.25, 0.3) is 11.6 Å². The van der Waals surface area contributed by atoms with E-state index in [4.69, 9.17) is 4.74 Å². The van der Waals surface area contributed by atoms with Gasteiger partial charge in [0, 0.05) is 35.5 Å². The van der Waals surface area contributed by atoms with E-state index in [-0.39, 0.29) is 16.5 Å². The average Bonchev–Trinajstić information content (AvgIpc) is 3.17. The fourth-order valence-electron chi connectivity index (χ4n) is 2.13. The number of amides is 1. The highest BCUT2D eigenvalue weighted by atomic mass is 32.1. The van der Waals surface area contributed by atoms with Crippen molar-refractivity contribution in [2.75, 3.05) is 5.32 Å². The first kappa shape index (κ1) is 19.0. The summed E-state index contributed by atoms with van der Waals surface area (Å²) in [5, 5.41) is 15.4. The number of thiazole rings is 1. The summed E-state index contributed by atoms with van der Waals surface area (Å²) in [5.41, 5.74) is 0.964. The summed E-state index contributed by atoms with van der Waals surface area (Å²) in [6.45, 7) is 1.42. The number of nitro groups is 1. The highest BCUT2D eigenvalue weighted by molar-refractivity contribution is 7.14. The number of rotatable bonds is 6. The maximum Gasteiger partial charge on any atom is 0.359 e. The van der Waals surface area contributed by atoms with E-state index >= 15 is 0 Å². The first-order valence-corrected chi connectivity index (χ1v) is 8.80. The lowest BCUT2D eigenvalue weighted by Crippen LogP contribution is -2.30. The molecule has 0 aliphatic rings. The van der Waals surface area contributed by atoms with Crippen LogP contribution in [0.5, 0.6) is 0 Å². The predicted octanol–water partition coefficient (Wildman–Crippen LogP) is 2.69. The van der Waals surface area contributed by atoms with E-state index in [2.05, 4.69) is 20.3 Å². The number of carbonyl (C=O) groups is 2. The molecule has 0 aliphatic carbocycles. The van der Waals surface area contributed by atoms with Crippen molar-refractivity contribution in [1.82, 2.24) is 15.0 Å². The molecule has 1 aromatic carbocycles. The summed E-state index contributed by atoms with van der Waals surface area (Å²) in [5.74, 6) is -1.34. The molecule has 0 fully saturated rings. The van der Waals surface area contributed by atoms with Gasteiger partial charge in [-0.2, -0.15) is 0 Å². The summed E-state index contributed by atoms with van der Waals surface area (Å²) < 4.78 is 5.05. The van der Waals surface area contributed by atoms with E-state index in [9.17, 15) is 19.7 Å². The van der Waals surface area contributed by atoms with E-state index in [0.29, 0.717) is 11.3 Å². The van der Waals surface area contributed by atoms with Gasteiger partial charge in [0.15, 0.2) is 16.9 Å². The topological polar surface area (TPSA) is 137 Å². The van der Waals surface area contributed by atoms with E-state index in [1.165, 1.54) is 37.6 Å². The molecule has 2 aromatic heterocycles. The van der Waals surface area contributed by atoms with Crippen LogP contribution in [0, 0.1) is 10.1 Å². The Hall–Kier alpha value is -3.73. The van der Waals surface area contributed by atoms with Crippen molar-refractivity contribution in [2.45, 2.75) is 13.0 Å². The van der Waals surface area contributed by atoms with Gasteiger partial charge >= 0.3 is 5.97 Å². The van der Waals surface area contributed by atoms with Crippen molar-refractivity contribution in [2.24, 2.45) is 0 Å². The summed E-state index contributed by atoms with van der Waals surface area (Å²) in [4.78, 5) is 46.3. The Kier molecular flexibility index (Phi) is 5.65. The third kappa shape index (κ3) is 4.51. The zero-order valence-corrected chi connectivity index (χ0v) is 15.3. The van der Waals surface area contributed by atoms with Crippen molar-refractivity contribution in [1.29, 1.82) is 0 Å². The standard InChI is InChI=1S/C17H13N5O5S/c1-10(27-16(24)13-8-18-5-6-19-13)15(23)21-17-20-14(9-28-17)11-3-2-4-12(7-11)22(25)26/h2-10H,1H3,(H,20,21,23)/t10-/m1/s1. The van der Waals surface area contributed by atoms with Crippen molar-refractivity contribution in [3.8, 4) is 11.3 Å². The fourth-order valence-corrected chi connectivity index (χ4v) is 2.85. The van der Waals surface area contributed by atoms with Gasteiger partial charge < -0.3 is 4.74 Å². The zero-order valence-electron chi connectivity index (χ0n) is 14.4. The molecule has 2 heterocycles. The second kappa shape index (κ2) is 8.31. The van der Waals surface area contributed by atoms with E-state index in [0.717, 1.165) is 11.3 Å². The molecule has 1 atom stereocenters. The first-order chi connectivity index (χ1) is 13.4. The van der Waals surface area contributed by atoms with Gasteiger partial charge in [-0.3, -0.25) is 25.2 Å². The Morgan fingerprint density at radius 2 is 2.14 bits per heavy atom. The molecule has 0 radical (unpaired) electrons. The minimum Gasteiger partial charge on any atom is -0.448 e. The second-order valence-corrected chi connectivity index (χ2v) is 6.33. The lowest BCUT2D eigenvalue weighted by atomic mass is 10.1. The number of hydrogen-bond acceptors (Lipinski definition) is 9. The molecule has 1 amide bonds. The van der Waals surface area contributed by atoms with Gasteiger partial charge in [0.2, 0.25) is 0 Å². The Morgan fingerprint density at radius 1 is 1.32 bits per heavy atom. The number of nitrogens with zero attached hydrogens (tertiary/aromatic N) is 4. The maximum absolute atomic E-state index is 12.2. The molecular formula is C17H13N5O5S. The highest BCUT2D eigenvalue weighted by Gasteiger charge is 2.21. The minimum absolute atomic E-state index is 0.00985. The molecule has 0 spiro atoms. The quantitative estimate of drug-likeness (QED) is 0.379. The van der Waals surface area contributed by atoms with Crippen LogP contribution in [-0.4, -0.2) is 37.9 Å². The van der Waals surface area contributed by atoms with Crippen LogP contribution in [0.4, 0.5) is 10.8 Å². The van der Waals surface area contributed by atoms with Crippen LogP contribution in [0.15, 0.2) is 48.2 Å². The Labute approximate surface area is 162 Å². The van der Waals surface area contributed by atoms with Crippen LogP contribution < -0.4 is 5.32 Å². The van der Waals surface area contributed by atoms with Gasteiger partial charge in [0.1, 0.15) is 0 Å². The van der Waals surface area contributed by atoms with Gasteiger partial charge in [-0.15, -0.1) is 11.3 Å². The second-order valence-electron chi connectivity index (χ2n) is 5.47. The molecule has 11 heteroatoms. The maximum atomic E-state index is 12.2. The minimum atomic E-state index is -1.08.